The van der Waals surface area contributed by atoms with Gasteiger partial charge in [-0.2, -0.15) is 5.26 Å². The summed E-state index contributed by atoms with van der Waals surface area (Å²) in [4.78, 5) is 12.4. The number of amides is 1. The summed E-state index contributed by atoms with van der Waals surface area (Å²) in [5.41, 5.74) is 1.49. The van der Waals surface area contributed by atoms with E-state index in [-0.39, 0.29) is 17.1 Å². The quantitative estimate of drug-likeness (QED) is 0.539. The third-order valence-electron chi connectivity index (χ3n) is 4.67. The van der Waals surface area contributed by atoms with E-state index in [0.717, 1.165) is 5.56 Å². The highest BCUT2D eigenvalue weighted by molar-refractivity contribution is 7.91. The molecule has 8 heteroatoms. The Kier molecular flexibility index (Phi) is 6.75. The first-order chi connectivity index (χ1) is 14.4. The van der Waals surface area contributed by atoms with Crippen LogP contribution in [0.1, 0.15) is 17.5 Å². The molecule has 0 aromatic heterocycles. The summed E-state index contributed by atoms with van der Waals surface area (Å²) >= 11 is 0. The number of sulfone groups is 1. The van der Waals surface area contributed by atoms with Crippen LogP contribution in [-0.2, 0) is 21.2 Å². The minimum atomic E-state index is -3.12. The Bertz CT molecular complexity index is 1090. The van der Waals surface area contributed by atoms with Gasteiger partial charge in [-0.15, -0.1) is 0 Å². The summed E-state index contributed by atoms with van der Waals surface area (Å²) in [6, 6.07) is 16.2. The lowest BCUT2D eigenvalue weighted by molar-refractivity contribution is -0.117. The van der Waals surface area contributed by atoms with Gasteiger partial charge in [0.25, 0.3) is 5.91 Å². The smallest absolute Gasteiger partial charge is 0.262 e. The zero-order valence-electron chi connectivity index (χ0n) is 16.5. The summed E-state index contributed by atoms with van der Waals surface area (Å²) in [6.45, 7) is 0.378. The molecule has 156 valence electrons. The van der Waals surface area contributed by atoms with Crippen molar-refractivity contribution in [1.82, 2.24) is 5.32 Å². The number of rotatable bonds is 7. The molecule has 1 N–H and O–H groups in total. The van der Waals surface area contributed by atoms with E-state index in [1.54, 1.807) is 18.2 Å². The lowest BCUT2D eigenvalue weighted by Gasteiger charge is -2.12. The summed E-state index contributed by atoms with van der Waals surface area (Å²) < 4.78 is 34.3. The van der Waals surface area contributed by atoms with Gasteiger partial charge in [-0.25, -0.2) is 8.42 Å². The highest BCUT2D eigenvalue weighted by Crippen LogP contribution is 2.29. The van der Waals surface area contributed by atoms with E-state index in [0.29, 0.717) is 30.1 Å². The van der Waals surface area contributed by atoms with E-state index >= 15 is 0 Å². The van der Waals surface area contributed by atoms with Crippen molar-refractivity contribution in [3.63, 3.8) is 0 Å². The second-order valence-electron chi connectivity index (χ2n) is 6.93. The molecule has 30 heavy (non-hydrogen) atoms. The first-order valence-corrected chi connectivity index (χ1v) is 11.2. The van der Waals surface area contributed by atoms with Crippen LogP contribution < -0.4 is 14.8 Å². The second kappa shape index (κ2) is 9.46. The van der Waals surface area contributed by atoms with Crippen LogP contribution in [0.5, 0.6) is 11.5 Å². The molecule has 3 rings (SSSR count). The van der Waals surface area contributed by atoms with Crippen LogP contribution in [0.2, 0.25) is 0 Å². The van der Waals surface area contributed by atoms with E-state index in [9.17, 15) is 18.5 Å². The summed E-state index contributed by atoms with van der Waals surface area (Å²) in [5, 5.41) is 12.0. The minimum Gasteiger partial charge on any atom is -0.493 e. The van der Waals surface area contributed by atoms with Crippen LogP contribution in [-0.4, -0.2) is 39.0 Å². The lowest BCUT2D eigenvalue weighted by atomic mass is 10.1. The number of nitriles is 1. The molecule has 1 heterocycles. The van der Waals surface area contributed by atoms with Crippen LogP contribution in [0.15, 0.2) is 54.1 Å². The topological polar surface area (TPSA) is 105 Å². The third kappa shape index (κ3) is 5.61. The van der Waals surface area contributed by atoms with Gasteiger partial charge in [-0.1, -0.05) is 36.4 Å². The van der Waals surface area contributed by atoms with Crippen LogP contribution in [0, 0.1) is 11.3 Å². The number of hydrogen-bond donors (Lipinski definition) is 1. The van der Waals surface area contributed by atoms with Crippen molar-refractivity contribution in [1.29, 1.82) is 5.26 Å². The average molecular weight is 426 g/mol. The zero-order valence-corrected chi connectivity index (χ0v) is 17.3. The maximum absolute atomic E-state index is 12.4. The van der Waals surface area contributed by atoms with E-state index in [1.165, 1.54) is 13.2 Å². The van der Waals surface area contributed by atoms with E-state index < -0.39 is 21.8 Å². The van der Waals surface area contributed by atoms with Crippen molar-refractivity contribution in [2.45, 2.75) is 19.1 Å². The first kappa shape index (κ1) is 21.4. The van der Waals surface area contributed by atoms with Crippen molar-refractivity contribution in [2.75, 3.05) is 18.6 Å². The predicted octanol–water partition coefficient (Wildman–Crippen LogP) is 2.48. The number of carbonyl (C=O) groups is 1. The Labute approximate surface area is 175 Å². The van der Waals surface area contributed by atoms with Gasteiger partial charge in [-0.3, -0.25) is 4.79 Å². The second-order valence-corrected chi connectivity index (χ2v) is 9.16. The van der Waals surface area contributed by atoms with Gasteiger partial charge in [0.2, 0.25) is 0 Å². The Hall–Kier alpha value is -3.31. The highest BCUT2D eigenvalue weighted by atomic mass is 32.2. The number of methoxy groups -OCH3 is 1. The molecule has 1 aliphatic rings. The van der Waals surface area contributed by atoms with Gasteiger partial charge in [0, 0.05) is 6.04 Å². The Balaban J connectivity index is 1.71. The largest absolute Gasteiger partial charge is 0.493 e. The van der Waals surface area contributed by atoms with E-state index in [2.05, 4.69) is 5.32 Å². The molecular formula is C22H22N2O5S. The maximum atomic E-state index is 12.4. The molecule has 2 aromatic carbocycles. The molecule has 1 amide bonds. The van der Waals surface area contributed by atoms with Crippen molar-refractivity contribution in [2.24, 2.45) is 0 Å². The molecule has 1 aliphatic heterocycles. The molecular weight excluding hydrogens is 404 g/mol. The van der Waals surface area contributed by atoms with E-state index in [4.69, 9.17) is 9.47 Å². The fourth-order valence-corrected chi connectivity index (χ4v) is 4.79. The number of nitrogens with zero attached hydrogens (tertiary/aromatic N) is 1. The molecule has 2 aromatic rings. The minimum absolute atomic E-state index is 0.0468. The summed E-state index contributed by atoms with van der Waals surface area (Å²) in [5.74, 6) is 0.365. The Morgan fingerprint density at radius 3 is 2.63 bits per heavy atom. The van der Waals surface area contributed by atoms with Gasteiger partial charge in [0.15, 0.2) is 21.3 Å². The lowest BCUT2D eigenvalue weighted by Crippen LogP contribution is -2.36. The van der Waals surface area contributed by atoms with Crippen molar-refractivity contribution >= 4 is 21.8 Å². The molecule has 0 bridgehead atoms. The third-order valence-corrected chi connectivity index (χ3v) is 6.44. The van der Waals surface area contributed by atoms with Gasteiger partial charge in [0.05, 0.1) is 18.6 Å². The SMILES string of the molecule is COc1cc(/C=C(\C#N)C(=O)N[C@H]2CCS(=O)(=O)C2)ccc1OCc1ccccc1. The standard InChI is InChI=1S/C22H22N2O5S/c1-28-21-12-17(7-8-20(21)29-14-16-5-3-2-4-6-16)11-18(13-23)22(25)24-19-9-10-30(26,27)15-19/h2-8,11-12,19H,9-10,14-15H2,1H3,(H,24,25)/b18-11+/t19-/m0/s1. The monoisotopic (exact) mass is 426 g/mol. The molecule has 1 fully saturated rings. The molecule has 0 aliphatic carbocycles. The average Bonchev–Trinajstić information content (AvgIpc) is 3.09. The predicted molar refractivity (Wildman–Crippen MR) is 113 cm³/mol. The molecule has 0 spiro atoms. The van der Waals surface area contributed by atoms with Crippen LogP contribution in [0.4, 0.5) is 0 Å². The Morgan fingerprint density at radius 2 is 2.00 bits per heavy atom. The molecule has 1 atom stereocenters. The van der Waals surface area contributed by atoms with Crippen molar-refractivity contribution in [3.05, 3.63) is 65.2 Å². The van der Waals surface area contributed by atoms with Crippen LogP contribution >= 0.6 is 0 Å². The van der Waals surface area contributed by atoms with E-state index in [1.807, 2.05) is 36.4 Å². The van der Waals surface area contributed by atoms with Gasteiger partial charge in [0.1, 0.15) is 18.2 Å². The fraction of sp³-hybridized carbons (Fsp3) is 0.273. The number of ether oxygens (including phenoxy) is 2. The summed E-state index contributed by atoms with van der Waals surface area (Å²) in [6.07, 6.45) is 1.79. The first-order valence-electron chi connectivity index (χ1n) is 9.38. The molecule has 0 radical (unpaired) electrons. The fourth-order valence-electron chi connectivity index (χ4n) is 3.12. The zero-order chi connectivity index (χ0) is 21.6. The van der Waals surface area contributed by atoms with Crippen LogP contribution in [0.25, 0.3) is 6.08 Å². The van der Waals surface area contributed by atoms with Gasteiger partial charge >= 0.3 is 0 Å². The normalized spacial score (nSPS) is 17.7. The molecule has 1 saturated heterocycles. The van der Waals surface area contributed by atoms with Crippen molar-refractivity contribution in [3.8, 4) is 17.6 Å². The van der Waals surface area contributed by atoms with Gasteiger partial charge in [-0.05, 0) is 35.8 Å². The number of benzene rings is 2. The number of hydrogen-bond acceptors (Lipinski definition) is 6. The Morgan fingerprint density at radius 1 is 1.23 bits per heavy atom. The van der Waals surface area contributed by atoms with Crippen molar-refractivity contribution < 1.29 is 22.7 Å². The highest BCUT2D eigenvalue weighted by Gasteiger charge is 2.29. The molecule has 7 nitrogen and oxygen atoms in total. The number of carbonyl (C=O) groups excluding carboxylic acids is 1. The number of nitrogens with one attached hydrogen (secondary N) is 1. The van der Waals surface area contributed by atoms with Gasteiger partial charge < -0.3 is 14.8 Å². The summed E-state index contributed by atoms with van der Waals surface area (Å²) in [7, 11) is -1.61. The molecule has 0 unspecified atom stereocenters. The molecule has 0 saturated carbocycles. The van der Waals surface area contributed by atoms with Crippen LogP contribution in [0.3, 0.4) is 0 Å². The maximum Gasteiger partial charge on any atom is 0.262 e.